The van der Waals surface area contributed by atoms with Gasteiger partial charge in [0.2, 0.25) is 0 Å². The third-order valence-corrected chi connectivity index (χ3v) is 1.08. The number of hydrogen-bond donors (Lipinski definition) is 4. The van der Waals surface area contributed by atoms with Gasteiger partial charge >= 0.3 is 0 Å². The van der Waals surface area contributed by atoms with Crippen LogP contribution in [-0.2, 0) is 0 Å². The van der Waals surface area contributed by atoms with E-state index in [9.17, 15) is 0 Å². The topological polar surface area (TPSA) is 80.9 Å². The van der Waals surface area contributed by atoms with Crippen LogP contribution in [0.1, 0.15) is 6.92 Å². The highest BCUT2D eigenvalue weighted by molar-refractivity contribution is 4.70. The van der Waals surface area contributed by atoms with Gasteiger partial charge in [0.1, 0.15) is 12.2 Å². The van der Waals surface area contributed by atoms with E-state index in [-0.39, 0.29) is 0 Å². The second-order valence-electron chi connectivity index (χ2n) is 1.98. The summed E-state index contributed by atoms with van der Waals surface area (Å²) in [4.78, 5) is 0. The average Bonchev–Trinajstić information content (AvgIpc) is 1.84. The lowest BCUT2D eigenvalue weighted by molar-refractivity contribution is -0.0698. The molecule has 0 fully saturated rings. The summed E-state index contributed by atoms with van der Waals surface area (Å²) in [5, 5.41) is 34.2. The molecule has 4 nitrogen and oxygen atoms in total. The van der Waals surface area contributed by atoms with Crippen molar-refractivity contribution in [3.8, 4) is 0 Å². The molecule has 0 aromatic carbocycles. The van der Waals surface area contributed by atoms with Crippen LogP contribution in [0.3, 0.4) is 0 Å². The Hall–Kier alpha value is -0.160. The van der Waals surface area contributed by atoms with Crippen molar-refractivity contribution in [3.05, 3.63) is 0 Å². The van der Waals surface area contributed by atoms with E-state index in [0.29, 0.717) is 0 Å². The third kappa shape index (κ3) is 2.76. The Labute approximate surface area is 53.4 Å². The summed E-state index contributed by atoms with van der Waals surface area (Å²) in [6, 6.07) is 0. The van der Waals surface area contributed by atoms with Crippen LogP contribution in [0.5, 0.6) is 0 Å². The van der Waals surface area contributed by atoms with Gasteiger partial charge in [-0.1, -0.05) is 0 Å². The zero-order chi connectivity index (χ0) is 7.44. The molecule has 0 spiro atoms. The van der Waals surface area contributed by atoms with Gasteiger partial charge in [-0.05, 0) is 6.92 Å². The molecule has 0 saturated carbocycles. The van der Waals surface area contributed by atoms with Gasteiger partial charge in [0.25, 0.3) is 0 Å². The Balaban J connectivity index is 3.58. The molecule has 0 rings (SSSR count). The number of rotatable bonds is 3. The minimum Gasteiger partial charge on any atom is -0.394 e. The van der Waals surface area contributed by atoms with Crippen molar-refractivity contribution in [1.82, 2.24) is 0 Å². The van der Waals surface area contributed by atoms with Crippen molar-refractivity contribution < 1.29 is 20.4 Å². The fourth-order valence-electron chi connectivity index (χ4n) is 0.429. The smallest absolute Gasteiger partial charge is 0.108 e. The minimum atomic E-state index is -1.25. The summed E-state index contributed by atoms with van der Waals surface area (Å²) < 4.78 is 0. The van der Waals surface area contributed by atoms with Crippen LogP contribution in [0.25, 0.3) is 0 Å². The van der Waals surface area contributed by atoms with E-state index in [1.807, 2.05) is 0 Å². The van der Waals surface area contributed by atoms with Gasteiger partial charge in [-0.3, -0.25) is 0 Å². The van der Waals surface area contributed by atoms with Crippen molar-refractivity contribution in [3.63, 3.8) is 0 Å². The van der Waals surface area contributed by atoms with Crippen molar-refractivity contribution >= 4 is 0 Å². The highest BCUT2D eigenvalue weighted by atomic mass is 16.4. The van der Waals surface area contributed by atoms with E-state index in [0.717, 1.165) is 0 Å². The van der Waals surface area contributed by atoms with Gasteiger partial charge in [-0.2, -0.15) is 0 Å². The van der Waals surface area contributed by atoms with E-state index in [1.165, 1.54) is 6.92 Å². The molecule has 9 heavy (non-hydrogen) atoms. The Morgan fingerprint density at radius 2 is 1.67 bits per heavy atom. The predicted molar refractivity (Wildman–Crippen MR) is 30.8 cm³/mol. The van der Waals surface area contributed by atoms with Gasteiger partial charge in [-0.15, -0.1) is 0 Å². The zero-order valence-corrected chi connectivity index (χ0v) is 5.23. The van der Waals surface area contributed by atoms with Crippen LogP contribution >= 0.6 is 0 Å². The Kier molecular flexibility index (Phi) is 3.72. The molecule has 0 aliphatic rings. The van der Waals surface area contributed by atoms with Crippen molar-refractivity contribution in [1.29, 1.82) is 0 Å². The number of aliphatic hydroxyl groups excluding tert-OH is 4. The maximum atomic E-state index is 8.73. The molecule has 0 radical (unpaired) electrons. The molecule has 0 bridgehead atoms. The van der Waals surface area contributed by atoms with Crippen LogP contribution in [0.15, 0.2) is 0 Å². The van der Waals surface area contributed by atoms with E-state index < -0.39 is 24.9 Å². The lowest BCUT2D eigenvalue weighted by Gasteiger charge is -2.17. The maximum absolute atomic E-state index is 8.73. The van der Waals surface area contributed by atoms with Crippen molar-refractivity contribution in [2.75, 3.05) is 6.61 Å². The van der Waals surface area contributed by atoms with Gasteiger partial charge in [-0.25, -0.2) is 0 Å². The van der Waals surface area contributed by atoms with E-state index in [4.69, 9.17) is 20.4 Å². The van der Waals surface area contributed by atoms with E-state index in [2.05, 4.69) is 0 Å². The number of aliphatic hydroxyl groups is 4. The lowest BCUT2D eigenvalue weighted by Crippen LogP contribution is -2.37. The van der Waals surface area contributed by atoms with Gasteiger partial charge in [0, 0.05) is 0 Å². The summed E-state index contributed by atoms with van der Waals surface area (Å²) >= 11 is 0. The molecule has 3 atom stereocenters. The van der Waals surface area contributed by atoms with Crippen LogP contribution in [0, 0.1) is 0 Å². The first-order valence-electron chi connectivity index (χ1n) is 2.74. The first kappa shape index (κ1) is 8.84. The molecule has 0 aromatic rings. The monoisotopic (exact) mass is 136 g/mol. The molecular formula is C5H12O4. The van der Waals surface area contributed by atoms with Crippen molar-refractivity contribution in [2.24, 2.45) is 0 Å². The average molecular weight is 136 g/mol. The summed E-state index contributed by atoms with van der Waals surface area (Å²) in [6.45, 7) is 0.801. The first-order chi connectivity index (χ1) is 4.09. The van der Waals surface area contributed by atoms with Crippen LogP contribution in [-0.4, -0.2) is 45.3 Å². The number of hydrogen-bond acceptors (Lipinski definition) is 4. The molecule has 0 aliphatic carbocycles. The first-order valence-corrected chi connectivity index (χ1v) is 2.74. The summed E-state index contributed by atoms with van der Waals surface area (Å²) in [5.41, 5.74) is 0. The molecule has 4 heteroatoms. The summed E-state index contributed by atoms with van der Waals surface area (Å²) in [6.07, 6.45) is -3.51. The SMILES string of the molecule is C[C@H](O)C(O)[C@@H](O)CO. The lowest BCUT2D eigenvalue weighted by atomic mass is 10.1. The molecule has 1 unspecified atom stereocenters. The standard InChI is InChI=1S/C5H12O4/c1-3(7)5(9)4(8)2-6/h3-9H,2H2,1H3/t3-,4-,5?/m0/s1. The highest BCUT2D eigenvalue weighted by Crippen LogP contribution is 1.97. The Morgan fingerprint density at radius 1 is 1.22 bits per heavy atom. The predicted octanol–water partition coefficient (Wildman–Crippen LogP) is -1.92. The zero-order valence-electron chi connectivity index (χ0n) is 5.23. The fraction of sp³-hybridized carbons (Fsp3) is 1.00. The van der Waals surface area contributed by atoms with Gasteiger partial charge in [0.15, 0.2) is 0 Å². The normalized spacial score (nSPS) is 21.0. The second kappa shape index (κ2) is 3.79. The fourth-order valence-corrected chi connectivity index (χ4v) is 0.429. The molecule has 0 saturated heterocycles. The highest BCUT2D eigenvalue weighted by Gasteiger charge is 2.19. The molecule has 56 valence electrons. The minimum absolute atomic E-state index is 0.536. The van der Waals surface area contributed by atoms with Crippen LogP contribution in [0.2, 0.25) is 0 Å². The molecule has 0 heterocycles. The van der Waals surface area contributed by atoms with Crippen LogP contribution in [0.4, 0.5) is 0 Å². The Bertz CT molecular complexity index is 73.4. The molecule has 4 N–H and O–H groups in total. The maximum Gasteiger partial charge on any atom is 0.108 e. The molecule has 0 aliphatic heterocycles. The van der Waals surface area contributed by atoms with Crippen molar-refractivity contribution in [2.45, 2.75) is 25.2 Å². The molecular weight excluding hydrogens is 124 g/mol. The van der Waals surface area contributed by atoms with Gasteiger partial charge in [0.05, 0.1) is 12.7 Å². The summed E-state index contributed by atoms with van der Waals surface area (Å²) in [7, 11) is 0. The summed E-state index contributed by atoms with van der Waals surface area (Å²) in [5.74, 6) is 0. The molecule has 0 amide bonds. The largest absolute Gasteiger partial charge is 0.394 e. The molecule has 0 aromatic heterocycles. The quantitative estimate of drug-likeness (QED) is 0.364. The van der Waals surface area contributed by atoms with Crippen LogP contribution < -0.4 is 0 Å². The third-order valence-electron chi connectivity index (χ3n) is 1.08. The van der Waals surface area contributed by atoms with Gasteiger partial charge < -0.3 is 20.4 Å². The van der Waals surface area contributed by atoms with E-state index >= 15 is 0 Å². The second-order valence-corrected chi connectivity index (χ2v) is 1.98. The van der Waals surface area contributed by atoms with E-state index in [1.54, 1.807) is 0 Å². The Morgan fingerprint density at radius 3 is 1.78 bits per heavy atom.